The number of likely N-dealkylation sites (tertiary alicyclic amines) is 1. The average Bonchev–Trinajstić information content (AvgIpc) is 3.11. The Hall–Kier alpha value is -0.610. The van der Waals surface area contributed by atoms with E-state index in [9.17, 15) is 9.90 Å². The van der Waals surface area contributed by atoms with Crippen molar-refractivity contribution in [1.29, 1.82) is 0 Å². The molecule has 16 heavy (non-hydrogen) atoms. The Bertz CT molecular complexity index is 253. The lowest BCUT2D eigenvalue weighted by molar-refractivity contribution is -0.154. The summed E-state index contributed by atoms with van der Waals surface area (Å²) in [6.45, 7) is 3.10. The maximum atomic E-state index is 11.3. The van der Waals surface area contributed by atoms with Crippen molar-refractivity contribution in [2.75, 3.05) is 26.7 Å². The molecule has 2 aliphatic rings. The summed E-state index contributed by atoms with van der Waals surface area (Å²) in [5, 5.41) is 9.81. The van der Waals surface area contributed by atoms with Crippen molar-refractivity contribution in [2.24, 2.45) is 11.8 Å². The number of ether oxygens (including phenoxy) is 1. The van der Waals surface area contributed by atoms with Gasteiger partial charge in [-0.25, -0.2) is 4.79 Å². The SMILES string of the molecule is COC(=O)C(O)C1CCCN(CC2CC2)C1. The van der Waals surface area contributed by atoms with Gasteiger partial charge in [0.1, 0.15) is 0 Å². The van der Waals surface area contributed by atoms with Crippen LogP contribution < -0.4 is 0 Å². The van der Waals surface area contributed by atoms with Crippen molar-refractivity contribution >= 4 is 5.97 Å². The summed E-state index contributed by atoms with van der Waals surface area (Å²) >= 11 is 0. The predicted molar refractivity (Wildman–Crippen MR) is 59.9 cm³/mol. The molecular formula is C12H21NO3. The van der Waals surface area contributed by atoms with Crippen molar-refractivity contribution in [3.63, 3.8) is 0 Å². The first-order valence-electron chi connectivity index (χ1n) is 6.19. The second kappa shape index (κ2) is 5.15. The molecule has 0 amide bonds. The molecule has 4 nitrogen and oxygen atoms in total. The average molecular weight is 227 g/mol. The maximum Gasteiger partial charge on any atom is 0.335 e. The summed E-state index contributed by atoms with van der Waals surface area (Å²) in [5.74, 6) is 0.437. The molecule has 1 aliphatic heterocycles. The van der Waals surface area contributed by atoms with Crippen LogP contribution in [0.2, 0.25) is 0 Å². The molecule has 4 heteroatoms. The molecule has 0 radical (unpaired) electrons. The molecule has 2 rings (SSSR count). The number of aliphatic hydroxyl groups excluding tert-OH is 1. The van der Waals surface area contributed by atoms with E-state index in [0.29, 0.717) is 0 Å². The molecule has 2 unspecified atom stereocenters. The fourth-order valence-electron chi connectivity index (χ4n) is 2.49. The third-order valence-corrected chi connectivity index (χ3v) is 3.64. The Labute approximate surface area is 96.6 Å². The highest BCUT2D eigenvalue weighted by atomic mass is 16.5. The topological polar surface area (TPSA) is 49.8 Å². The van der Waals surface area contributed by atoms with Gasteiger partial charge in [0.2, 0.25) is 0 Å². The zero-order chi connectivity index (χ0) is 11.5. The number of esters is 1. The van der Waals surface area contributed by atoms with Crippen molar-refractivity contribution < 1.29 is 14.6 Å². The third-order valence-electron chi connectivity index (χ3n) is 3.64. The highest BCUT2D eigenvalue weighted by molar-refractivity contribution is 5.74. The summed E-state index contributed by atoms with van der Waals surface area (Å²) in [5.41, 5.74) is 0. The van der Waals surface area contributed by atoms with Gasteiger partial charge in [0.25, 0.3) is 0 Å². The fraction of sp³-hybridized carbons (Fsp3) is 0.917. The number of hydrogen-bond donors (Lipinski definition) is 1. The van der Waals surface area contributed by atoms with Gasteiger partial charge < -0.3 is 14.7 Å². The largest absolute Gasteiger partial charge is 0.467 e. The summed E-state index contributed by atoms with van der Waals surface area (Å²) in [7, 11) is 1.33. The number of piperidine rings is 1. The molecule has 1 heterocycles. The van der Waals surface area contributed by atoms with Gasteiger partial charge in [-0.05, 0) is 38.1 Å². The van der Waals surface area contributed by atoms with E-state index in [4.69, 9.17) is 0 Å². The van der Waals surface area contributed by atoms with Crippen LogP contribution in [0.15, 0.2) is 0 Å². The molecule has 0 aromatic heterocycles. The molecule has 2 fully saturated rings. The molecule has 0 aromatic carbocycles. The molecule has 1 aliphatic carbocycles. The van der Waals surface area contributed by atoms with Gasteiger partial charge in [-0.1, -0.05) is 0 Å². The van der Waals surface area contributed by atoms with E-state index in [2.05, 4.69) is 9.64 Å². The molecule has 1 saturated carbocycles. The minimum atomic E-state index is -0.938. The van der Waals surface area contributed by atoms with Gasteiger partial charge in [0, 0.05) is 19.0 Å². The smallest absolute Gasteiger partial charge is 0.335 e. The maximum absolute atomic E-state index is 11.3. The quantitative estimate of drug-likeness (QED) is 0.716. The molecule has 0 bridgehead atoms. The van der Waals surface area contributed by atoms with Crippen LogP contribution in [-0.4, -0.2) is 48.8 Å². The van der Waals surface area contributed by atoms with E-state index in [-0.39, 0.29) is 5.92 Å². The summed E-state index contributed by atoms with van der Waals surface area (Å²) in [6.07, 6.45) is 3.76. The number of aliphatic hydroxyl groups is 1. The van der Waals surface area contributed by atoms with Crippen LogP contribution in [0.1, 0.15) is 25.7 Å². The predicted octanol–water partition coefficient (Wildman–Crippen LogP) is 0.642. The van der Waals surface area contributed by atoms with Gasteiger partial charge in [0.05, 0.1) is 7.11 Å². The third kappa shape index (κ3) is 2.95. The highest BCUT2D eigenvalue weighted by Crippen LogP contribution is 2.31. The van der Waals surface area contributed by atoms with Crippen LogP contribution in [0, 0.1) is 11.8 Å². The second-order valence-electron chi connectivity index (χ2n) is 5.07. The summed E-state index contributed by atoms with van der Waals surface area (Å²) in [4.78, 5) is 13.6. The number of methoxy groups -OCH3 is 1. The van der Waals surface area contributed by atoms with Crippen LogP contribution >= 0.6 is 0 Å². The van der Waals surface area contributed by atoms with Crippen LogP contribution in [-0.2, 0) is 9.53 Å². The van der Waals surface area contributed by atoms with Crippen molar-refractivity contribution in [1.82, 2.24) is 4.90 Å². The van der Waals surface area contributed by atoms with E-state index >= 15 is 0 Å². The van der Waals surface area contributed by atoms with E-state index < -0.39 is 12.1 Å². The lowest BCUT2D eigenvalue weighted by atomic mass is 9.92. The van der Waals surface area contributed by atoms with Gasteiger partial charge in [-0.3, -0.25) is 0 Å². The number of nitrogens with zero attached hydrogens (tertiary/aromatic N) is 1. The Balaban J connectivity index is 1.82. The van der Waals surface area contributed by atoms with Crippen LogP contribution in [0.4, 0.5) is 0 Å². The summed E-state index contributed by atoms with van der Waals surface area (Å²) < 4.78 is 4.59. The normalized spacial score (nSPS) is 28.8. The standard InChI is InChI=1S/C12H21NO3/c1-16-12(15)11(14)10-3-2-6-13(8-10)7-9-4-5-9/h9-11,14H,2-8H2,1H3. The van der Waals surface area contributed by atoms with E-state index in [1.54, 1.807) is 0 Å². The molecule has 0 aromatic rings. The number of carbonyl (C=O) groups excluding carboxylic acids is 1. The van der Waals surface area contributed by atoms with Gasteiger partial charge in [-0.15, -0.1) is 0 Å². The minimum absolute atomic E-state index is 0.0555. The second-order valence-corrected chi connectivity index (χ2v) is 5.07. The Morgan fingerprint density at radius 1 is 1.50 bits per heavy atom. The Morgan fingerprint density at radius 3 is 2.88 bits per heavy atom. The van der Waals surface area contributed by atoms with Crippen molar-refractivity contribution in [3.8, 4) is 0 Å². The molecule has 1 N–H and O–H groups in total. The first-order chi connectivity index (χ1) is 7.70. The van der Waals surface area contributed by atoms with E-state index in [1.165, 1.54) is 20.0 Å². The molecular weight excluding hydrogens is 206 g/mol. The zero-order valence-corrected chi connectivity index (χ0v) is 9.89. The van der Waals surface area contributed by atoms with Gasteiger partial charge in [0.15, 0.2) is 6.10 Å². The molecule has 0 spiro atoms. The molecule has 92 valence electrons. The van der Waals surface area contributed by atoms with Crippen LogP contribution in [0.3, 0.4) is 0 Å². The van der Waals surface area contributed by atoms with Gasteiger partial charge in [-0.2, -0.15) is 0 Å². The fourth-order valence-corrected chi connectivity index (χ4v) is 2.49. The zero-order valence-electron chi connectivity index (χ0n) is 9.89. The molecule has 2 atom stereocenters. The lowest BCUT2D eigenvalue weighted by Gasteiger charge is -2.34. The van der Waals surface area contributed by atoms with Gasteiger partial charge >= 0.3 is 5.97 Å². The van der Waals surface area contributed by atoms with Crippen molar-refractivity contribution in [2.45, 2.75) is 31.8 Å². The molecule has 1 saturated heterocycles. The monoisotopic (exact) mass is 227 g/mol. The first kappa shape index (κ1) is 11.9. The van der Waals surface area contributed by atoms with E-state index in [0.717, 1.165) is 38.4 Å². The number of hydrogen-bond acceptors (Lipinski definition) is 4. The van der Waals surface area contributed by atoms with E-state index in [1.807, 2.05) is 0 Å². The first-order valence-corrected chi connectivity index (χ1v) is 6.19. The van der Waals surface area contributed by atoms with Crippen LogP contribution in [0.5, 0.6) is 0 Å². The Kier molecular flexibility index (Phi) is 3.82. The lowest BCUT2D eigenvalue weighted by Crippen LogP contribution is -2.44. The number of rotatable bonds is 4. The summed E-state index contributed by atoms with van der Waals surface area (Å²) in [6, 6.07) is 0. The highest BCUT2D eigenvalue weighted by Gasteiger charge is 2.33. The minimum Gasteiger partial charge on any atom is -0.467 e. The Morgan fingerprint density at radius 2 is 2.25 bits per heavy atom. The van der Waals surface area contributed by atoms with Crippen LogP contribution in [0.25, 0.3) is 0 Å². The number of carbonyl (C=O) groups is 1. The van der Waals surface area contributed by atoms with Crippen molar-refractivity contribution in [3.05, 3.63) is 0 Å².